The quantitative estimate of drug-likeness (QED) is 0.227. The van der Waals surface area contributed by atoms with Crippen LogP contribution < -0.4 is 4.74 Å². The van der Waals surface area contributed by atoms with Gasteiger partial charge in [-0.3, -0.25) is 19.6 Å². The summed E-state index contributed by atoms with van der Waals surface area (Å²) < 4.78 is 27.8. The molecule has 0 bridgehead atoms. The fourth-order valence-electron chi connectivity index (χ4n) is 4.44. The number of fused-ring (bicyclic) bond motifs is 2. The summed E-state index contributed by atoms with van der Waals surface area (Å²) in [4.78, 5) is 62.2. The number of aliphatic imine (C=N–C) groups is 2. The Balaban J connectivity index is 0.000000171. The van der Waals surface area contributed by atoms with Crippen molar-refractivity contribution in [3.63, 3.8) is 0 Å². The molecule has 43 heavy (non-hydrogen) atoms. The number of benzene rings is 2. The lowest BCUT2D eigenvalue weighted by Crippen LogP contribution is -2.20. The standard InChI is InChI=1S/C15H14N2O4S.C14H11FN2O3S/c1-20-8-3-4-11-9(5-8)10(6-16-11)13(18)14-17-12(7-22-14)15(19)21-2;1-20-14(19)11-6-21-13(17-11)12(18)9-5-16-10-3-2-7(15)4-8(9)10/h3-6,12,16H,7H2,1-2H3;2-5,11,16H,6H2,1H3. The van der Waals surface area contributed by atoms with Crippen molar-refractivity contribution in [1.82, 2.24) is 9.97 Å². The summed E-state index contributed by atoms with van der Waals surface area (Å²) >= 11 is 2.48. The lowest BCUT2D eigenvalue weighted by molar-refractivity contribution is -0.142. The van der Waals surface area contributed by atoms with Gasteiger partial charge in [-0.15, -0.1) is 23.5 Å². The van der Waals surface area contributed by atoms with Crippen LogP contribution in [0.1, 0.15) is 20.7 Å². The number of nitrogens with zero attached hydrogens (tertiary/aromatic N) is 2. The Labute approximate surface area is 252 Å². The van der Waals surface area contributed by atoms with Crippen molar-refractivity contribution in [2.45, 2.75) is 12.1 Å². The first-order valence-electron chi connectivity index (χ1n) is 12.8. The number of aromatic amines is 2. The number of halogens is 1. The van der Waals surface area contributed by atoms with Gasteiger partial charge in [0.25, 0.3) is 0 Å². The van der Waals surface area contributed by atoms with Crippen molar-refractivity contribution in [2.75, 3.05) is 32.8 Å². The van der Waals surface area contributed by atoms with Crippen LogP contribution in [0.15, 0.2) is 58.8 Å². The molecule has 2 aliphatic rings. The van der Waals surface area contributed by atoms with Gasteiger partial charge < -0.3 is 24.2 Å². The highest BCUT2D eigenvalue weighted by atomic mass is 32.2. The van der Waals surface area contributed by atoms with E-state index in [0.717, 1.165) is 10.9 Å². The predicted octanol–water partition coefficient (Wildman–Crippen LogP) is 4.22. The van der Waals surface area contributed by atoms with Crippen LogP contribution in [0.2, 0.25) is 0 Å². The molecular weight excluding hydrogens is 599 g/mol. The Kier molecular flexibility index (Phi) is 8.97. The van der Waals surface area contributed by atoms with Crippen molar-refractivity contribution in [3.8, 4) is 5.75 Å². The molecule has 0 saturated carbocycles. The summed E-state index contributed by atoms with van der Waals surface area (Å²) in [5, 5.41) is 1.86. The molecular formula is C29H25FN4O7S2. The molecule has 0 spiro atoms. The Hall–Kier alpha value is -4.43. The zero-order valence-electron chi connectivity index (χ0n) is 23.1. The third-order valence-electron chi connectivity index (χ3n) is 6.66. The number of rotatable bonds is 7. The third kappa shape index (κ3) is 6.20. The Morgan fingerprint density at radius 2 is 1.26 bits per heavy atom. The number of methoxy groups -OCH3 is 3. The maximum Gasteiger partial charge on any atom is 0.331 e. The van der Waals surface area contributed by atoms with E-state index in [-0.39, 0.29) is 16.6 Å². The molecule has 2 N–H and O–H groups in total. The second-order valence-corrected chi connectivity index (χ2v) is 11.3. The van der Waals surface area contributed by atoms with Crippen molar-refractivity contribution >= 4 is 78.9 Å². The van der Waals surface area contributed by atoms with E-state index in [1.165, 1.54) is 56.1 Å². The fraction of sp³-hybridized carbons (Fsp3) is 0.241. The predicted molar refractivity (Wildman–Crippen MR) is 163 cm³/mol. The van der Waals surface area contributed by atoms with Crippen LogP contribution in [-0.4, -0.2) is 88.5 Å². The number of esters is 2. The summed E-state index contributed by atoms with van der Waals surface area (Å²) in [6.07, 6.45) is 3.18. The van der Waals surface area contributed by atoms with Gasteiger partial charge >= 0.3 is 11.9 Å². The molecule has 2 atom stereocenters. The molecule has 4 heterocycles. The van der Waals surface area contributed by atoms with Gasteiger partial charge in [-0.05, 0) is 36.4 Å². The van der Waals surface area contributed by atoms with Crippen LogP contribution in [-0.2, 0) is 19.1 Å². The number of H-pyrrole nitrogens is 2. The van der Waals surface area contributed by atoms with Gasteiger partial charge in [0.2, 0.25) is 11.6 Å². The van der Waals surface area contributed by atoms with E-state index in [1.807, 2.05) is 12.1 Å². The first-order chi connectivity index (χ1) is 20.7. The van der Waals surface area contributed by atoms with Crippen molar-refractivity contribution in [1.29, 1.82) is 0 Å². The zero-order valence-corrected chi connectivity index (χ0v) is 24.8. The van der Waals surface area contributed by atoms with Crippen LogP contribution in [0.25, 0.3) is 21.8 Å². The normalized spacial score (nSPS) is 17.6. The summed E-state index contributed by atoms with van der Waals surface area (Å²) in [5.74, 6) is -0.325. The van der Waals surface area contributed by atoms with Gasteiger partial charge in [0, 0.05) is 45.7 Å². The van der Waals surface area contributed by atoms with E-state index in [9.17, 15) is 23.6 Å². The number of nitrogens with one attached hydrogen (secondary N) is 2. The molecule has 2 aromatic heterocycles. The molecule has 0 amide bonds. The number of carbonyl (C=O) groups excluding carboxylic acids is 4. The molecule has 0 fully saturated rings. The highest BCUT2D eigenvalue weighted by Gasteiger charge is 2.31. The molecule has 4 aromatic rings. The lowest BCUT2D eigenvalue weighted by atomic mass is 10.1. The third-order valence-corrected chi connectivity index (χ3v) is 8.75. The SMILES string of the molecule is COC(=O)C1CSC(C(=O)c2c[nH]c3ccc(F)cc23)=N1.COC(=O)C1CSC(C(=O)c2c[nH]c3ccc(OC)cc23)=N1. The van der Waals surface area contributed by atoms with Crippen LogP contribution in [0.5, 0.6) is 5.75 Å². The smallest absolute Gasteiger partial charge is 0.331 e. The molecule has 222 valence electrons. The zero-order chi connectivity index (χ0) is 30.7. The summed E-state index contributed by atoms with van der Waals surface area (Å²) in [5.41, 5.74) is 2.39. The number of carbonyl (C=O) groups is 4. The topological polar surface area (TPSA) is 152 Å². The van der Waals surface area contributed by atoms with Gasteiger partial charge in [0.05, 0.1) is 32.5 Å². The molecule has 2 aromatic carbocycles. The van der Waals surface area contributed by atoms with Crippen LogP contribution in [0, 0.1) is 5.82 Å². The number of thioether (sulfide) groups is 2. The molecule has 0 radical (unpaired) electrons. The van der Waals surface area contributed by atoms with Gasteiger partial charge in [0.15, 0.2) is 12.1 Å². The van der Waals surface area contributed by atoms with E-state index in [0.29, 0.717) is 44.3 Å². The molecule has 2 aliphatic heterocycles. The summed E-state index contributed by atoms with van der Waals surface area (Å²) in [7, 11) is 4.17. The van der Waals surface area contributed by atoms with E-state index >= 15 is 0 Å². The molecule has 6 rings (SSSR count). The summed E-state index contributed by atoms with van der Waals surface area (Å²) in [6, 6.07) is 8.42. The van der Waals surface area contributed by atoms with E-state index in [4.69, 9.17) is 4.74 Å². The van der Waals surface area contributed by atoms with E-state index < -0.39 is 29.8 Å². The number of ketones is 2. The van der Waals surface area contributed by atoms with Gasteiger partial charge in [-0.25, -0.2) is 14.0 Å². The minimum absolute atomic E-state index is 0.198. The van der Waals surface area contributed by atoms with Crippen LogP contribution in [0.4, 0.5) is 4.39 Å². The maximum atomic E-state index is 13.3. The number of hydrogen-bond acceptors (Lipinski definition) is 11. The minimum Gasteiger partial charge on any atom is -0.497 e. The largest absolute Gasteiger partial charge is 0.497 e. The average Bonchev–Trinajstić information content (AvgIpc) is 3.85. The first kappa shape index (κ1) is 30.0. The molecule has 0 saturated heterocycles. The molecule has 2 unspecified atom stereocenters. The molecule has 11 nitrogen and oxygen atoms in total. The highest BCUT2D eigenvalue weighted by molar-refractivity contribution is 8.16. The number of hydrogen-bond donors (Lipinski definition) is 2. The van der Waals surface area contributed by atoms with E-state index in [1.54, 1.807) is 25.4 Å². The highest BCUT2D eigenvalue weighted by Crippen LogP contribution is 2.28. The minimum atomic E-state index is -0.652. The Bertz CT molecular complexity index is 1810. The van der Waals surface area contributed by atoms with Gasteiger partial charge in [0.1, 0.15) is 21.7 Å². The number of Topliss-reactive ketones (excluding diaryl/α,β-unsaturated/α-hetero) is 2. The number of aromatic nitrogens is 2. The average molecular weight is 625 g/mol. The molecule has 0 aliphatic carbocycles. The van der Waals surface area contributed by atoms with Crippen LogP contribution in [0.3, 0.4) is 0 Å². The second-order valence-electron chi connectivity index (χ2n) is 9.23. The number of ether oxygens (including phenoxy) is 3. The Morgan fingerprint density at radius 1 is 0.767 bits per heavy atom. The second kappa shape index (κ2) is 12.8. The molecule has 14 heteroatoms. The Morgan fingerprint density at radius 3 is 1.74 bits per heavy atom. The monoisotopic (exact) mass is 624 g/mol. The van der Waals surface area contributed by atoms with E-state index in [2.05, 4.69) is 29.4 Å². The maximum absolute atomic E-state index is 13.3. The van der Waals surface area contributed by atoms with Crippen molar-refractivity contribution in [3.05, 3.63) is 65.7 Å². The van der Waals surface area contributed by atoms with Crippen molar-refractivity contribution in [2.24, 2.45) is 9.98 Å². The first-order valence-corrected chi connectivity index (χ1v) is 14.8. The fourth-order valence-corrected chi connectivity index (χ4v) is 6.37. The van der Waals surface area contributed by atoms with Gasteiger partial charge in [-0.2, -0.15) is 0 Å². The van der Waals surface area contributed by atoms with Crippen molar-refractivity contribution < 1.29 is 37.8 Å². The van der Waals surface area contributed by atoms with Crippen LogP contribution >= 0.6 is 23.5 Å². The summed E-state index contributed by atoms with van der Waals surface area (Å²) in [6.45, 7) is 0. The van der Waals surface area contributed by atoms with Gasteiger partial charge in [-0.1, -0.05) is 0 Å². The lowest BCUT2D eigenvalue weighted by Gasteiger charge is -2.01.